The van der Waals surface area contributed by atoms with Crippen molar-refractivity contribution < 1.29 is 19.1 Å². The number of ether oxygens (including phenoxy) is 2. The van der Waals surface area contributed by atoms with Crippen LogP contribution in [0.4, 0.5) is 5.82 Å². The first-order valence-electron chi connectivity index (χ1n) is 11.0. The fourth-order valence-corrected chi connectivity index (χ4v) is 5.27. The van der Waals surface area contributed by atoms with E-state index in [1.165, 1.54) is 0 Å². The Balaban J connectivity index is 1.58. The van der Waals surface area contributed by atoms with E-state index in [1.54, 1.807) is 18.0 Å². The minimum absolute atomic E-state index is 0.0405. The van der Waals surface area contributed by atoms with Crippen LogP contribution < -0.4 is 4.90 Å². The Morgan fingerprint density at radius 1 is 1.35 bits per heavy atom. The van der Waals surface area contributed by atoms with Crippen molar-refractivity contribution in [2.24, 2.45) is 0 Å². The zero-order valence-corrected chi connectivity index (χ0v) is 19.8. The summed E-state index contributed by atoms with van der Waals surface area (Å²) in [6, 6.07) is 6.79. The number of amides is 1. The molecule has 1 unspecified atom stereocenters. The summed E-state index contributed by atoms with van der Waals surface area (Å²) in [5.41, 5.74) is 2.76. The highest BCUT2D eigenvalue weighted by Crippen LogP contribution is 2.48. The highest BCUT2D eigenvalue weighted by molar-refractivity contribution is 6.76. The molecule has 1 aliphatic heterocycles. The van der Waals surface area contributed by atoms with Gasteiger partial charge in [0.2, 0.25) is 5.91 Å². The molecule has 1 atom stereocenters. The highest BCUT2D eigenvalue weighted by Gasteiger charge is 2.53. The number of carbonyl (C=O) groups is 2. The molecule has 0 fully saturated rings. The lowest BCUT2D eigenvalue weighted by Gasteiger charge is -2.32. The van der Waals surface area contributed by atoms with E-state index >= 15 is 0 Å². The minimum Gasteiger partial charge on any atom is -0.461 e. The predicted octanol–water partition coefficient (Wildman–Crippen LogP) is 3.67. The molecule has 4 rings (SSSR count). The van der Waals surface area contributed by atoms with Gasteiger partial charge < -0.3 is 14.5 Å². The van der Waals surface area contributed by atoms with E-state index in [1.807, 2.05) is 18.2 Å². The Labute approximate surface area is 184 Å². The number of carbonyl (C=O) groups excluding carboxylic acids is 2. The monoisotopic (exact) mass is 441 g/mol. The van der Waals surface area contributed by atoms with E-state index in [9.17, 15) is 9.59 Å². The Morgan fingerprint density at radius 2 is 2.16 bits per heavy atom. The fraction of sp³-hybridized carbons (Fsp3) is 0.522. The third kappa shape index (κ3) is 4.06. The molecule has 0 saturated carbocycles. The molecule has 166 valence electrons. The molecule has 3 heterocycles. The summed E-state index contributed by atoms with van der Waals surface area (Å²) in [7, 11) is -1.20. The average molecular weight is 442 g/mol. The van der Waals surface area contributed by atoms with Crippen molar-refractivity contribution in [3.63, 3.8) is 0 Å². The molecule has 0 saturated heterocycles. The lowest BCUT2D eigenvalue weighted by atomic mass is 9.70. The number of hydrogen-bond acceptors (Lipinski definition) is 5. The van der Waals surface area contributed by atoms with Crippen LogP contribution in [0.15, 0.2) is 24.4 Å². The van der Waals surface area contributed by atoms with Crippen LogP contribution in [-0.4, -0.2) is 49.9 Å². The second-order valence-electron chi connectivity index (χ2n) is 9.62. The first-order chi connectivity index (χ1) is 14.7. The van der Waals surface area contributed by atoms with Gasteiger partial charge in [0, 0.05) is 32.1 Å². The van der Waals surface area contributed by atoms with Gasteiger partial charge in [-0.2, -0.15) is 0 Å². The smallest absolute Gasteiger partial charge is 0.354 e. The van der Waals surface area contributed by atoms with Crippen molar-refractivity contribution in [3.05, 3.63) is 46.9 Å². The van der Waals surface area contributed by atoms with Gasteiger partial charge in [0.15, 0.2) is 0 Å². The Kier molecular flexibility index (Phi) is 5.78. The summed E-state index contributed by atoms with van der Waals surface area (Å²) < 4.78 is 11.0. The summed E-state index contributed by atoms with van der Waals surface area (Å²) in [5.74, 6) is 0.382. The molecule has 0 bridgehead atoms. The first kappa shape index (κ1) is 21.8. The summed E-state index contributed by atoms with van der Waals surface area (Å²) in [5, 5.41) is 0. The van der Waals surface area contributed by atoms with Gasteiger partial charge in [0.25, 0.3) is 0 Å². The number of aromatic nitrogens is 2. The molecule has 0 radical (unpaired) electrons. The van der Waals surface area contributed by atoms with E-state index in [4.69, 9.17) is 9.47 Å². The average Bonchev–Trinajstić information content (AvgIpc) is 3.24. The number of esters is 1. The number of anilines is 1. The van der Waals surface area contributed by atoms with Crippen LogP contribution in [0.2, 0.25) is 25.7 Å². The molecule has 2 aromatic heterocycles. The molecule has 0 aromatic carbocycles. The topological polar surface area (TPSA) is 84.5 Å². The lowest BCUT2D eigenvalue weighted by molar-refractivity contribution is -0.124. The predicted molar refractivity (Wildman–Crippen MR) is 121 cm³/mol. The number of fused-ring (bicyclic) bond motifs is 3. The molecule has 1 spiro atoms. The summed E-state index contributed by atoms with van der Waals surface area (Å²) >= 11 is 0. The van der Waals surface area contributed by atoms with Crippen molar-refractivity contribution in [2.45, 2.75) is 57.3 Å². The van der Waals surface area contributed by atoms with Crippen molar-refractivity contribution in [1.29, 1.82) is 0 Å². The quantitative estimate of drug-likeness (QED) is 0.403. The van der Waals surface area contributed by atoms with Crippen LogP contribution in [0.3, 0.4) is 0 Å². The number of aryl methyl sites for hydroxylation is 1. The molecule has 2 aliphatic rings. The lowest BCUT2D eigenvalue weighted by Crippen LogP contribution is -2.45. The Hall–Kier alpha value is -2.45. The molecular weight excluding hydrogens is 410 g/mol. The van der Waals surface area contributed by atoms with Crippen molar-refractivity contribution in [2.75, 3.05) is 24.8 Å². The molecule has 1 N–H and O–H groups in total. The maximum Gasteiger partial charge on any atom is 0.354 e. The van der Waals surface area contributed by atoms with Crippen molar-refractivity contribution in [3.8, 4) is 0 Å². The van der Waals surface area contributed by atoms with Gasteiger partial charge in [-0.1, -0.05) is 25.7 Å². The number of rotatable bonds is 7. The molecule has 31 heavy (non-hydrogen) atoms. The Bertz CT molecular complexity index is 997. The number of pyridine rings is 1. The van der Waals surface area contributed by atoms with Crippen molar-refractivity contribution >= 4 is 25.8 Å². The summed E-state index contributed by atoms with van der Waals surface area (Å²) in [4.78, 5) is 35.3. The number of aromatic amines is 1. The molecule has 7 nitrogen and oxygen atoms in total. The molecule has 2 aromatic rings. The van der Waals surface area contributed by atoms with Crippen LogP contribution in [-0.2, 0) is 32.5 Å². The fourth-order valence-electron chi connectivity index (χ4n) is 4.51. The summed E-state index contributed by atoms with van der Waals surface area (Å²) in [6.07, 6.45) is 3.63. The maximum absolute atomic E-state index is 13.7. The zero-order valence-electron chi connectivity index (χ0n) is 18.8. The second-order valence-corrected chi connectivity index (χ2v) is 15.2. The third-order valence-electron chi connectivity index (χ3n) is 6.21. The summed E-state index contributed by atoms with van der Waals surface area (Å²) in [6.45, 7) is 9.93. The second kappa shape index (κ2) is 8.24. The van der Waals surface area contributed by atoms with E-state index in [0.29, 0.717) is 44.0 Å². The highest BCUT2D eigenvalue weighted by atomic mass is 28.3. The standard InChI is InChI=1S/C23H31N3O4Si/c1-5-30-21(27)19-13-16-14-23(9-8-18(16)25-19)17-7-6-10-24-20(17)26(22(23)28)15-29-11-12-31(2,3)4/h6-7,10,13,25H,5,8-9,11-12,14-15H2,1-4H3. The van der Waals surface area contributed by atoms with E-state index in [2.05, 4.69) is 29.6 Å². The molecule has 1 aliphatic carbocycles. The van der Waals surface area contributed by atoms with Crippen molar-refractivity contribution in [1.82, 2.24) is 9.97 Å². The Morgan fingerprint density at radius 3 is 2.90 bits per heavy atom. The van der Waals surface area contributed by atoms with E-state index in [0.717, 1.165) is 22.9 Å². The largest absolute Gasteiger partial charge is 0.461 e. The first-order valence-corrected chi connectivity index (χ1v) is 14.7. The number of nitrogens with one attached hydrogen (secondary N) is 1. The zero-order chi connectivity index (χ0) is 22.2. The van der Waals surface area contributed by atoms with Crippen LogP contribution in [0.25, 0.3) is 0 Å². The molecular formula is C23H31N3O4Si. The van der Waals surface area contributed by atoms with E-state index in [-0.39, 0.29) is 18.6 Å². The number of H-pyrrole nitrogens is 1. The normalized spacial score (nSPS) is 20.1. The van der Waals surface area contributed by atoms with Gasteiger partial charge in [-0.25, -0.2) is 9.78 Å². The minimum atomic E-state index is -1.20. The SMILES string of the molecule is CCOC(=O)c1cc2c([nH]1)CCC1(C2)C(=O)N(COCC[Si](C)(C)C)c2ncccc21. The van der Waals surface area contributed by atoms with Gasteiger partial charge in [0.05, 0.1) is 12.0 Å². The number of hydrogen-bond donors (Lipinski definition) is 1. The van der Waals surface area contributed by atoms with Gasteiger partial charge in [-0.05, 0) is 49.9 Å². The van der Waals surface area contributed by atoms with Crippen LogP contribution >= 0.6 is 0 Å². The van der Waals surface area contributed by atoms with Gasteiger partial charge in [0.1, 0.15) is 18.2 Å². The third-order valence-corrected chi connectivity index (χ3v) is 7.91. The van der Waals surface area contributed by atoms with Crippen LogP contribution in [0.5, 0.6) is 0 Å². The number of nitrogens with zero attached hydrogens (tertiary/aromatic N) is 2. The van der Waals surface area contributed by atoms with Crippen LogP contribution in [0.1, 0.15) is 40.7 Å². The molecule has 1 amide bonds. The van der Waals surface area contributed by atoms with Gasteiger partial charge in [-0.15, -0.1) is 0 Å². The van der Waals surface area contributed by atoms with E-state index < -0.39 is 13.5 Å². The van der Waals surface area contributed by atoms with Gasteiger partial charge >= 0.3 is 5.97 Å². The molecule has 8 heteroatoms. The van der Waals surface area contributed by atoms with Gasteiger partial charge in [-0.3, -0.25) is 9.69 Å². The van der Waals surface area contributed by atoms with Crippen LogP contribution in [0, 0.1) is 0 Å². The maximum atomic E-state index is 13.7.